The summed E-state index contributed by atoms with van der Waals surface area (Å²) in [5.41, 5.74) is 5.79. The first-order chi connectivity index (χ1) is 10.1. The lowest BCUT2D eigenvalue weighted by Gasteiger charge is -2.34. The number of nitrogens with two attached hydrogens (primary N) is 1. The Morgan fingerprint density at radius 1 is 1.29 bits per heavy atom. The lowest BCUT2D eigenvalue weighted by molar-refractivity contribution is -0.122. The Hall–Kier alpha value is -2.28. The Labute approximate surface area is 123 Å². The molecule has 1 unspecified atom stereocenters. The molecule has 1 aliphatic rings. The van der Waals surface area contributed by atoms with E-state index in [1.165, 1.54) is 19.1 Å². The number of nitrogens with zero attached hydrogens (tertiary/aromatic N) is 1. The second kappa shape index (κ2) is 6.45. The van der Waals surface area contributed by atoms with E-state index in [1.807, 2.05) is 0 Å². The first-order valence-electron chi connectivity index (χ1n) is 6.61. The number of carbonyl (C=O) groups excluding carboxylic acids is 2. The van der Waals surface area contributed by atoms with Gasteiger partial charge in [-0.3, -0.25) is 9.59 Å². The first-order valence-corrected chi connectivity index (χ1v) is 6.61. The number of piperazine rings is 1. The van der Waals surface area contributed by atoms with Crippen LogP contribution in [-0.2, 0) is 4.79 Å². The molecule has 7 nitrogen and oxygen atoms in total. The van der Waals surface area contributed by atoms with Crippen molar-refractivity contribution in [1.29, 1.82) is 0 Å². The van der Waals surface area contributed by atoms with Crippen LogP contribution in [0.15, 0.2) is 18.2 Å². The number of benzene rings is 1. The summed E-state index contributed by atoms with van der Waals surface area (Å²) in [4.78, 5) is 25.5. The molecule has 1 atom stereocenters. The molecule has 2 amide bonds. The highest BCUT2D eigenvalue weighted by atomic mass is 16.5. The molecule has 1 aromatic rings. The van der Waals surface area contributed by atoms with Crippen molar-refractivity contribution in [3.63, 3.8) is 0 Å². The average Bonchev–Trinajstić information content (AvgIpc) is 2.53. The Morgan fingerprint density at radius 2 is 2.00 bits per heavy atom. The fourth-order valence-corrected chi connectivity index (χ4v) is 2.34. The van der Waals surface area contributed by atoms with Crippen molar-refractivity contribution in [2.45, 2.75) is 6.04 Å². The maximum Gasteiger partial charge on any atom is 0.254 e. The van der Waals surface area contributed by atoms with Crippen LogP contribution in [0.5, 0.6) is 11.5 Å². The third-order valence-corrected chi connectivity index (χ3v) is 3.46. The van der Waals surface area contributed by atoms with Gasteiger partial charge in [-0.15, -0.1) is 0 Å². The van der Waals surface area contributed by atoms with E-state index >= 15 is 0 Å². The van der Waals surface area contributed by atoms with Gasteiger partial charge in [0, 0.05) is 25.2 Å². The molecule has 21 heavy (non-hydrogen) atoms. The fourth-order valence-electron chi connectivity index (χ4n) is 2.34. The van der Waals surface area contributed by atoms with Gasteiger partial charge < -0.3 is 25.4 Å². The van der Waals surface area contributed by atoms with Gasteiger partial charge >= 0.3 is 0 Å². The van der Waals surface area contributed by atoms with Gasteiger partial charge in [0.15, 0.2) is 11.5 Å². The summed E-state index contributed by atoms with van der Waals surface area (Å²) in [6.45, 7) is 1.43. The van der Waals surface area contributed by atoms with Crippen molar-refractivity contribution in [3.05, 3.63) is 23.8 Å². The second-order valence-electron chi connectivity index (χ2n) is 4.69. The quantitative estimate of drug-likeness (QED) is 0.788. The van der Waals surface area contributed by atoms with Crippen molar-refractivity contribution < 1.29 is 19.1 Å². The number of amides is 2. The van der Waals surface area contributed by atoms with Crippen LogP contribution in [0.4, 0.5) is 0 Å². The number of carbonyl (C=O) groups is 2. The third-order valence-electron chi connectivity index (χ3n) is 3.46. The Kier molecular flexibility index (Phi) is 4.64. The number of rotatable bonds is 4. The summed E-state index contributed by atoms with van der Waals surface area (Å²) in [5.74, 6) is 0.243. The zero-order chi connectivity index (χ0) is 15.4. The van der Waals surface area contributed by atoms with Gasteiger partial charge in [-0.05, 0) is 18.2 Å². The van der Waals surface area contributed by atoms with Crippen molar-refractivity contribution in [1.82, 2.24) is 10.2 Å². The number of hydrogen-bond acceptors (Lipinski definition) is 5. The molecule has 0 bridgehead atoms. The van der Waals surface area contributed by atoms with Gasteiger partial charge in [0.1, 0.15) is 6.04 Å². The van der Waals surface area contributed by atoms with E-state index in [0.29, 0.717) is 36.7 Å². The van der Waals surface area contributed by atoms with Crippen molar-refractivity contribution in [3.8, 4) is 11.5 Å². The number of nitrogens with one attached hydrogen (secondary N) is 1. The highest BCUT2D eigenvalue weighted by molar-refractivity contribution is 5.98. The topological polar surface area (TPSA) is 93.9 Å². The largest absolute Gasteiger partial charge is 0.493 e. The van der Waals surface area contributed by atoms with Crippen molar-refractivity contribution in [2.75, 3.05) is 33.9 Å². The molecule has 0 spiro atoms. The van der Waals surface area contributed by atoms with Gasteiger partial charge in [-0.1, -0.05) is 0 Å². The normalized spacial score (nSPS) is 18.2. The molecular weight excluding hydrogens is 274 g/mol. The molecule has 2 rings (SSSR count). The zero-order valence-electron chi connectivity index (χ0n) is 12.1. The van der Waals surface area contributed by atoms with E-state index in [9.17, 15) is 9.59 Å². The van der Waals surface area contributed by atoms with E-state index in [0.717, 1.165) is 0 Å². The van der Waals surface area contributed by atoms with Crippen molar-refractivity contribution >= 4 is 11.8 Å². The number of hydrogen-bond donors (Lipinski definition) is 2. The summed E-state index contributed by atoms with van der Waals surface area (Å²) in [7, 11) is 3.03. The molecule has 1 fully saturated rings. The van der Waals surface area contributed by atoms with E-state index in [2.05, 4.69) is 5.32 Å². The summed E-state index contributed by atoms with van der Waals surface area (Å²) in [5, 5.41) is 3.05. The molecule has 0 aliphatic carbocycles. The number of ether oxygens (including phenoxy) is 2. The summed E-state index contributed by atoms with van der Waals surface area (Å²) >= 11 is 0. The van der Waals surface area contributed by atoms with Gasteiger partial charge in [0.05, 0.1) is 14.2 Å². The number of methoxy groups -OCH3 is 2. The zero-order valence-corrected chi connectivity index (χ0v) is 12.1. The maximum absolute atomic E-state index is 12.6. The maximum atomic E-state index is 12.6. The minimum atomic E-state index is -0.639. The van der Waals surface area contributed by atoms with E-state index in [-0.39, 0.29) is 5.91 Å². The SMILES string of the molecule is COc1ccc(C(=O)N2CCNCC2C(N)=O)cc1OC. The highest BCUT2D eigenvalue weighted by Crippen LogP contribution is 2.28. The van der Waals surface area contributed by atoms with E-state index in [4.69, 9.17) is 15.2 Å². The van der Waals surface area contributed by atoms with Crippen LogP contribution < -0.4 is 20.5 Å². The molecule has 114 valence electrons. The summed E-state index contributed by atoms with van der Waals surface area (Å²) in [6.07, 6.45) is 0. The molecule has 0 aromatic heterocycles. The molecule has 3 N–H and O–H groups in total. The van der Waals surface area contributed by atoms with Crippen LogP contribution in [0.3, 0.4) is 0 Å². The van der Waals surface area contributed by atoms with E-state index < -0.39 is 11.9 Å². The van der Waals surface area contributed by atoms with Crippen molar-refractivity contribution in [2.24, 2.45) is 5.73 Å². The lowest BCUT2D eigenvalue weighted by Crippen LogP contribution is -2.58. The second-order valence-corrected chi connectivity index (χ2v) is 4.69. The number of primary amides is 1. The summed E-state index contributed by atoms with van der Waals surface area (Å²) in [6, 6.07) is 4.26. The monoisotopic (exact) mass is 293 g/mol. The van der Waals surface area contributed by atoms with Crippen LogP contribution in [0, 0.1) is 0 Å². The van der Waals surface area contributed by atoms with Crippen LogP contribution >= 0.6 is 0 Å². The van der Waals surface area contributed by atoms with Gasteiger partial charge in [0.2, 0.25) is 5.91 Å². The third kappa shape index (κ3) is 3.08. The average molecular weight is 293 g/mol. The Morgan fingerprint density at radius 3 is 2.62 bits per heavy atom. The molecule has 7 heteroatoms. The predicted molar refractivity (Wildman–Crippen MR) is 76.4 cm³/mol. The predicted octanol–water partition coefficient (Wildman–Crippen LogP) is -0.397. The molecule has 0 saturated carbocycles. The first kappa shape index (κ1) is 15.1. The molecular formula is C14H19N3O4. The Bertz CT molecular complexity index is 547. The lowest BCUT2D eigenvalue weighted by atomic mass is 10.1. The fraction of sp³-hybridized carbons (Fsp3) is 0.429. The molecule has 1 aliphatic heterocycles. The van der Waals surface area contributed by atoms with Crippen LogP contribution in [0.1, 0.15) is 10.4 Å². The molecule has 0 radical (unpaired) electrons. The standard InChI is InChI=1S/C14H19N3O4/c1-20-11-4-3-9(7-12(11)21-2)14(19)17-6-5-16-8-10(17)13(15)18/h3-4,7,10,16H,5-6,8H2,1-2H3,(H2,15,18). The van der Waals surface area contributed by atoms with Gasteiger partial charge in [-0.25, -0.2) is 0 Å². The van der Waals surface area contributed by atoms with Crippen LogP contribution in [0.2, 0.25) is 0 Å². The Balaban J connectivity index is 2.28. The van der Waals surface area contributed by atoms with Crippen LogP contribution in [-0.4, -0.2) is 56.6 Å². The summed E-state index contributed by atoms with van der Waals surface area (Å²) < 4.78 is 10.3. The molecule has 1 aromatic carbocycles. The molecule has 1 saturated heterocycles. The highest BCUT2D eigenvalue weighted by Gasteiger charge is 2.31. The molecule has 1 heterocycles. The van der Waals surface area contributed by atoms with Gasteiger partial charge in [-0.2, -0.15) is 0 Å². The van der Waals surface area contributed by atoms with Crippen LogP contribution in [0.25, 0.3) is 0 Å². The minimum Gasteiger partial charge on any atom is -0.493 e. The van der Waals surface area contributed by atoms with Gasteiger partial charge in [0.25, 0.3) is 5.91 Å². The smallest absolute Gasteiger partial charge is 0.254 e. The minimum absolute atomic E-state index is 0.249. The van der Waals surface area contributed by atoms with E-state index in [1.54, 1.807) is 18.2 Å².